The molecule has 1 atom stereocenters. The quantitative estimate of drug-likeness (QED) is 0.802. The number of aryl methyl sites for hydroxylation is 1. The maximum absolute atomic E-state index is 12.4. The highest BCUT2D eigenvalue weighted by Crippen LogP contribution is 2.18. The highest BCUT2D eigenvalue weighted by atomic mass is 16.5. The lowest BCUT2D eigenvalue weighted by atomic mass is 10.3. The molecule has 0 unspecified atom stereocenters. The van der Waals surface area contributed by atoms with E-state index >= 15 is 0 Å². The molecule has 0 aliphatic carbocycles. The van der Waals surface area contributed by atoms with Crippen LogP contribution >= 0.6 is 0 Å². The van der Waals surface area contributed by atoms with Crippen molar-refractivity contribution in [3.8, 4) is 5.88 Å². The first-order valence-electron chi connectivity index (χ1n) is 7.30. The van der Waals surface area contributed by atoms with Crippen LogP contribution in [0.1, 0.15) is 12.2 Å². The molecule has 3 heterocycles. The van der Waals surface area contributed by atoms with Crippen molar-refractivity contribution in [2.45, 2.75) is 19.4 Å². The van der Waals surface area contributed by atoms with Gasteiger partial charge in [-0.05, 0) is 6.92 Å². The minimum absolute atomic E-state index is 0.00397. The van der Waals surface area contributed by atoms with E-state index in [0.29, 0.717) is 44.6 Å². The second-order valence-corrected chi connectivity index (χ2v) is 5.30. The predicted molar refractivity (Wildman–Crippen MR) is 75.2 cm³/mol. The van der Waals surface area contributed by atoms with Crippen molar-refractivity contribution in [1.82, 2.24) is 19.8 Å². The van der Waals surface area contributed by atoms with Crippen LogP contribution in [-0.2, 0) is 4.74 Å². The van der Waals surface area contributed by atoms with Crippen LogP contribution in [0.4, 0.5) is 4.79 Å². The Morgan fingerprint density at radius 1 is 1.33 bits per heavy atom. The van der Waals surface area contributed by atoms with Crippen LogP contribution in [0.15, 0.2) is 12.3 Å². The molecular weight excluding hydrogens is 272 g/mol. The summed E-state index contributed by atoms with van der Waals surface area (Å²) in [5.41, 5.74) is 0. The van der Waals surface area contributed by atoms with E-state index in [2.05, 4.69) is 9.97 Å². The van der Waals surface area contributed by atoms with Gasteiger partial charge in [-0.3, -0.25) is 0 Å². The summed E-state index contributed by atoms with van der Waals surface area (Å²) in [4.78, 5) is 24.3. The SMILES string of the molecule is Cc1nccc(O[C@@H]2CCN(C(=O)N3CCOCC3)C2)n1. The molecule has 2 saturated heterocycles. The Hall–Kier alpha value is -1.89. The molecule has 0 spiro atoms. The molecule has 2 fully saturated rings. The van der Waals surface area contributed by atoms with Gasteiger partial charge in [0.1, 0.15) is 11.9 Å². The smallest absolute Gasteiger partial charge is 0.320 e. The van der Waals surface area contributed by atoms with Crippen LogP contribution in [0.5, 0.6) is 5.88 Å². The average molecular weight is 292 g/mol. The number of carbonyl (C=O) groups excluding carboxylic acids is 1. The zero-order valence-electron chi connectivity index (χ0n) is 12.2. The summed E-state index contributed by atoms with van der Waals surface area (Å²) in [6.07, 6.45) is 2.52. The van der Waals surface area contributed by atoms with Gasteiger partial charge in [0, 0.05) is 38.3 Å². The van der Waals surface area contributed by atoms with E-state index in [4.69, 9.17) is 9.47 Å². The number of rotatable bonds is 2. The molecule has 0 aromatic carbocycles. The Labute approximate surface area is 123 Å². The van der Waals surface area contributed by atoms with E-state index in [9.17, 15) is 4.79 Å². The standard InChI is InChI=1S/C14H20N4O3/c1-11-15-4-2-13(16-11)21-12-3-5-18(10-12)14(19)17-6-8-20-9-7-17/h2,4,12H,3,5-10H2,1H3/t12-/m1/s1. The molecule has 3 rings (SSSR count). The van der Waals surface area contributed by atoms with E-state index in [1.807, 2.05) is 16.7 Å². The van der Waals surface area contributed by atoms with Crippen LogP contribution < -0.4 is 4.74 Å². The Kier molecular flexibility index (Phi) is 4.19. The van der Waals surface area contributed by atoms with Crippen molar-refractivity contribution in [2.24, 2.45) is 0 Å². The summed E-state index contributed by atoms with van der Waals surface area (Å²) >= 11 is 0. The third-order valence-electron chi connectivity index (χ3n) is 3.74. The molecule has 0 bridgehead atoms. The normalized spacial score (nSPS) is 22.4. The lowest BCUT2D eigenvalue weighted by Crippen LogP contribution is -2.47. The zero-order chi connectivity index (χ0) is 14.7. The van der Waals surface area contributed by atoms with Crippen molar-refractivity contribution in [2.75, 3.05) is 39.4 Å². The summed E-state index contributed by atoms with van der Waals surface area (Å²) in [6, 6.07) is 1.84. The molecular formula is C14H20N4O3. The van der Waals surface area contributed by atoms with Crippen molar-refractivity contribution >= 4 is 6.03 Å². The second-order valence-electron chi connectivity index (χ2n) is 5.30. The average Bonchev–Trinajstić information content (AvgIpc) is 2.96. The van der Waals surface area contributed by atoms with E-state index in [1.54, 1.807) is 12.3 Å². The number of hydrogen-bond acceptors (Lipinski definition) is 5. The van der Waals surface area contributed by atoms with Gasteiger partial charge in [0.15, 0.2) is 0 Å². The maximum Gasteiger partial charge on any atom is 0.320 e. The minimum atomic E-state index is 0.00397. The molecule has 0 radical (unpaired) electrons. The van der Waals surface area contributed by atoms with Gasteiger partial charge in [-0.15, -0.1) is 0 Å². The van der Waals surface area contributed by atoms with E-state index in [1.165, 1.54) is 0 Å². The molecule has 1 aromatic rings. The second kappa shape index (κ2) is 6.26. The molecule has 2 aliphatic heterocycles. The molecule has 2 amide bonds. The zero-order valence-corrected chi connectivity index (χ0v) is 12.2. The van der Waals surface area contributed by atoms with Crippen LogP contribution in [-0.4, -0.2) is 71.3 Å². The molecule has 0 N–H and O–H groups in total. The van der Waals surface area contributed by atoms with Crippen molar-refractivity contribution in [3.63, 3.8) is 0 Å². The number of likely N-dealkylation sites (tertiary alicyclic amines) is 1. The summed E-state index contributed by atoms with van der Waals surface area (Å²) in [5.74, 6) is 1.26. The van der Waals surface area contributed by atoms with Gasteiger partial charge < -0.3 is 19.3 Å². The number of hydrogen-bond donors (Lipinski definition) is 0. The van der Waals surface area contributed by atoms with Gasteiger partial charge >= 0.3 is 6.03 Å². The third kappa shape index (κ3) is 3.41. The minimum Gasteiger partial charge on any atom is -0.472 e. The molecule has 21 heavy (non-hydrogen) atoms. The lowest BCUT2D eigenvalue weighted by Gasteiger charge is -2.30. The van der Waals surface area contributed by atoms with E-state index < -0.39 is 0 Å². The molecule has 0 saturated carbocycles. The highest BCUT2D eigenvalue weighted by Gasteiger charge is 2.31. The van der Waals surface area contributed by atoms with Gasteiger partial charge in [-0.25, -0.2) is 9.78 Å². The van der Waals surface area contributed by atoms with Gasteiger partial charge in [0.2, 0.25) is 5.88 Å². The Morgan fingerprint density at radius 3 is 2.90 bits per heavy atom. The summed E-state index contributed by atoms with van der Waals surface area (Å²) < 4.78 is 11.1. The first-order chi connectivity index (χ1) is 10.2. The molecule has 1 aromatic heterocycles. The fourth-order valence-electron chi connectivity index (χ4n) is 2.62. The monoisotopic (exact) mass is 292 g/mol. The van der Waals surface area contributed by atoms with Crippen LogP contribution in [0.3, 0.4) is 0 Å². The number of nitrogens with zero attached hydrogens (tertiary/aromatic N) is 4. The first kappa shape index (κ1) is 14.1. The topological polar surface area (TPSA) is 67.8 Å². The Morgan fingerprint density at radius 2 is 2.14 bits per heavy atom. The van der Waals surface area contributed by atoms with Crippen molar-refractivity contribution in [3.05, 3.63) is 18.1 Å². The van der Waals surface area contributed by atoms with Gasteiger partial charge in [-0.1, -0.05) is 0 Å². The van der Waals surface area contributed by atoms with E-state index in [0.717, 1.165) is 13.0 Å². The molecule has 2 aliphatic rings. The van der Waals surface area contributed by atoms with Crippen molar-refractivity contribution in [1.29, 1.82) is 0 Å². The number of aromatic nitrogens is 2. The first-order valence-corrected chi connectivity index (χ1v) is 7.30. The fraction of sp³-hybridized carbons (Fsp3) is 0.643. The predicted octanol–water partition coefficient (Wildman–Crippen LogP) is 0.690. The number of urea groups is 1. The van der Waals surface area contributed by atoms with Crippen molar-refractivity contribution < 1.29 is 14.3 Å². The number of ether oxygens (including phenoxy) is 2. The molecule has 7 heteroatoms. The van der Waals surface area contributed by atoms with Gasteiger partial charge in [0.25, 0.3) is 0 Å². The molecule has 7 nitrogen and oxygen atoms in total. The Balaban J connectivity index is 1.54. The summed E-state index contributed by atoms with van der Waals surface area (Å²) in [5, 5.41) is 0. The van der Waals surface area contributed by atoms with Crippen LogP contribution in [0, 0.1) is 6.92 Å². The highest BCUT2D eigenvalue weighted by molar-refractivity contribution is 5.74. The number of amides is 2. The van der Waals surface area contributed by atoms with Gasteiger partial charge in [0.05, 0.1) is 19.8 Å². The van der Waals surface area contributed by atoms with E-state index in [-0.39, 0.29) is 12.1 Å². The van der Waals surface area contributed by atoms with Crippen LogP contribution in [0.25, 0.3) is 0 Å². The summed E-state index contributed by atoms with van der Waals surface area (Å²) in [7, 11) is 0. The number of morpholine rings is 1. The summed E-state index contributed by atoms with van der Waals surface area (Å²) in [6.45, 7) is 5.76. The third-order valence-corrected chi connectivity index (χ3v) is 3.74. The largest absolute Gasteiger partial charge is 0.472 e. The van der Waals surface area contributed by atoms with Gasteiger partial charge in [-0.2, -0.15) is 4.98 Å². The molecule has 114 valence electrons. The fourth-order valence-corrected chi connectivity index (χ4v) is 2.62. The van der Waals surface area contributed by atoms with Crippen LogP contribution in [0.2, 0.25) is 0 Å². The Bertz CT molecular complexity index is 505. The lowest BCUT2D eigenvalue weighted by molar-refractivity contribution is 0.0443. The number of carbonyl (C=O) groups is 1. The maximum atomic E-state index is 12.4.